The van der Waals surface area contributed by atoms with Gasteiger partial charge in [0.25, 0.3) is 5.91 Å². The van der Waals surface area contributed by atoms with E-state index in [0.29, 0.717) is 17.1 Å². The highest BCUT2D eigenvalue weighted by Gasteiger charge is 2.54. The molecule has 1 N–H and O–H groups in total. The van der Waals surface area contributed by atoms with Crippen LogP contribution in [-0.4, -0.2) is 53.0 Å². The Bertz CT molecular complexity index is 1170. The summed E-state index contributed by atoms with van der Waals surface area (Å²) < 4.78 is 15.9. The fraction of sp³-hybridized carbons (Fsp3) is 0.269. The van der Waals surface area contributed by atoms with E-state index in [0.717, 1.165) is 11.1 Å². The summed E-state index contributed by atoms with van der Waals surface area (Å²) in [6.45, 7) is 0.122. The van der Waals surface area contributed by atoms with E-state index in [-0.39, 0.29) is 24.8 Å². The largest absolute Gasteiger partial charge is 0.497 e. The number of thioether (sulfide) groups is 1. The van der Waals surface area contributed by atoms with Crippen molar-refractivity contribution in [2.45, 2.75) is 24.6 Å². The zero-order chi connectivity index (χ0) is 25.5. The molecule has 0 saturated carbocycles. The Morgan fingerprint density at radius 3 is 2.47 bits per heavy atom. The van der Waals surface area contributed by atoms with Gasteiger partial charge in [0.2, 0.25) is 0 Å². The lowest BCUT2D eigenvalue weighted by Crippen LogP contribution is -2.70. The number of amides is 2. The van der Waals surface area contributed by atoms with E-state index < -0.39 is 29.4 Å². The summed E-state index contributed by atoms with van der Waals surface area (Å²) in [7, 11) is 1.57. The monoisotopic (exact) mass is 528 g/mol. The summed E-state index contributed by atoms with van der Waals surface area (Å²) in [4.78, 5) is 39.8. The second-order valence-corrected chi connectivity index (χ2v) is 9.36. The van der Waals surface area contributed by atoms with E-state index >= 15 is 0 Å². The Morgan fingerprint density at radius 1 is 1.08 bits per heavy atom. The van der Waals surface area contributed by atoms with E-state index in [9.17, 15) is 14.4 Å². The van der Waals surface area contributed by atoms with Crippen molar-refractivity contribution in [2.75, 3.05) is 18.7 Å². The lowest BCUT2D eigenvalue weighted by molar-refractivity contribution is -0.152. The first-order valence-electron chi connectivity index (χ1n) is 11.2. The maximum absolute atomic E-state index is 13.1. The Balaban J connectivity index is 1.42. The van der Waals surface area contributed by atoms with Crippen molar-refractivity contribution in [3.63, 3.8) is 0 Å². The van der Waals surface area contributed by atoms with Crippen molar-refractivity contribution in [1.29, 1.82) is 0 Å². The molecule has 2 aromatic carbocycles. The molecule has 2 aromatic rings. The summed E-state index contributed by atoms with van der Waals surface area (Å²) in [5.74, 6) is 0.379. The number of carbonyl (C=O) groups excluding carboxylic acids is 3. The van der Waals surface area contributed by atoms with Crippen LogP contribution in [0.25, 0.3) is 0 Å². The molecule has 0 bridgehead atoms. The molecule has 2 aliphatic rings. The second kappa shape index (κ2) is 12.0. The highest BCUT2D eigenvalue weighted by molar-refractivity contribution is 8.00. The van der Waals surface area contributed by atoms with Crippen LogP contribution in [0.15, 0.2) is 78.0 Å². The number of halogens is 1. The maximum Gasteiger partial charge on any atom is 0.408 e. The summed E-state index contributed by atoms with van der Waals surface area (Å²) in [6.07, 6.45) is 2.73. The first kappa shape index (κ1) is 25.7. The first-order chi connectivity index (χ1) is 17.5. The molecule has 0 aromatic heterocycles. The van der Waals surface area contributed by atoms with Crippen molar-refractivity contribution < 1.29 is 28.6 Å². The normalized spacial score (nSPS) is 18.9. The molecule has 0 aliphatic carbocycles. The second-order valence-electron chi connectivity index (χ2n) is 7.95. The van der Waals surface area contributed by atoms with Crippen molar-refractivity contribution in [3.8, 4) is 5.75 Å². The van der Waals surface area contributed by atoms with Crippen LogP contribution in [0.3, 0.4) is 0 Å². The Morgan fingerprint density at radius 2 is 1.78 bits per heavy atom. The van der Waals surface area contributed by atoms with Crippen molar-refractivity contribution >= 4 is 41.3 Å². The van der Waals surface area contributed by atoms with Gasteiger partial charge in [-0.25, -0.2) is 9.59 Å². The molecule has 0 spiro atoms. The lowest BCUT2D eigenvalue weighted by atomic mass is 10.0. The third-order valence-electron chi connectivity index (χ3n) is 5.61. The number of fused-ring (bicyclic) bond motifs is 1. The molecule has 188 valence electrons. The van der Waals surface area contributed by atoms with Gasteiger partial charge in [-0.3, -0.25) is 9.69 Å². The van der Waals surface area contributed by atoms with Crippen LogP contribution in [0.2, 0.25) is 0 Å². The molecule has 8 nitrogen and oxygen atoms in total. The number of alkyl halides is 1. The number of esters is 1. The zero-order valence-corrected chi connectivity index (χ0v) is 21.1. The van der Waals surface area contributed by atoms with E-state index in [1.165, 1.54) is 16.7 Å². The summed E-state index contributed by atoms with van der Waals surface area (Å²) in [6, 6.07) is 15.6. The number of benzene rings is 2. The number of hydrogen-bond donors (Lipinski definition) is 1. The van der Waals surface area contributed by atoms with Crippen LogP contribution in [0, 0.1) is 0 Å². The summed E-state index contributed by atoms with van der Waals surface area (Å²) in [5, 5.41) is 2.18. The van der Waals surface area contributed by atoms with Gasteiger partial charge in [-0.1, -0.05) is 54.6 Å². The first-order valence-corrected chi connectivity index (χ1v) is 12.8. The van der Waals surface area contributed by atoms with Crippen LogP contribution in [0.1, 0.15) is 11.1 Å². The molecule has 2 aliphatic heterocycles. The maximum atomic E-state index is 13.1. The molecular formula is C26H25ClN2O6S. The van der Waals surface area contributed by atoms with Crippen LogP contribution in [-0.2, 0) is 32.3 Å². The van der Waals surface area contributed by atoms with Crippen LogP contribution in [0.5, 0.6) is 5.75 Å². The number of nitrogens with zero attached hydrogens (tertiary/aromatic N) is 1. The van der Waals surface area contributed by atoms with Gasteiger partial charge in [0.05, 0.1) is 7.11 Å². The standard InChI is InChI=1S/C26H25ClN2O6S/c1-33-20-11-9-18(10-12-20)14-34-25(31)22-19(8-5-13-27)16-36-24-21(23(30)29(22)24)28-26(32)35-15-17-6-3-2-4-7-17/h2-12,21,24H,13-16H2,1H3,(H,28,32)/t21-,24+/m1/s1. The number of β-lactam (4-membered cyclic amide) rings is 1. The minimum absolute atomic E-state index is 0.0339. The summed E-state index contributed by atoms with van der Waals surface area (Å²) >= 11 is 7.23. The Labute approximate surface area is 218 Å². The average Bonchev–Trinajstić information content (AvgIpc) is 2.92. The molecule has 1 fully saturated rings. The molecule has 0 radical (unpaired) electrons. The molecule has 36 heavy (non-hydrogen) atoms. The molecule has 2 amide bonds. The molecule has 1 saturated heterocycles. The smallest absolute Gasteiger partial charge is 0.408 e. The van der Waals surface area contributed by atoms with Gasteiger partial charge in [0.15, 0.2) is 0 Å². The van der Waals surface area contributed by atoms with Crippen molar-refractivity contribution in [2.24, 2.45) is 0 Å². The number of methoxy groups -OCH3 is 1. The predicted molar refractivity (Wildman–Crippen MR) is 136 cm³/mol. The predicted octanol–water partition coefficient (Wildman–Crippen LogP) is 4.00. The van der Waals surface area contributed by atoms with Crippen LogP contribution in [0.4, 0.5) is 4.79 Å². The molecule has 2 atom stereocenters. The highest BCUT2D eigenvalue weighted by atomic mass is 35.5. The van der Waals surface area contributed by atoms with Gasteiger partial charge in [0.1, 0.15) is 36.1 Å². The van der Waals surface area contributed by atoms with Crippen LogP contribution < -0.4 is 10.1 Å². The zero-order valence-electron chi connectivity index (χ0n) is 19.5. The van der Waals surface area contributed by atoms with Crippen molar-refractivity contribution in [1.82, 2.24) is 10.2 Å². The third-order valence-corrected chi connectivity index (χ3v) is 7.09. The average molecular weight is 529 g/mol. The number of carbonyl (C=O) groups is 3. The number of hydrogen-bond acceptors (Lipinski definition) is 7. The van der Waals surface area contributed by atoms with Gasteiger partial charge in [-0.05, 0) is 28.8 Å². The minimum Gasteiger partial charge on any atom is -0.497 e. The molecule has 0 unspecified atom stereocenters. The van der Waals surface area contributed by atoms with Gasteiger partial charge in [0, 0.05) is 11.6 Å². The third kappa shape index (κ3) is 5.85. The van der Waals surface area contributed by atoms with Gasteiger partial charge in [-0.2, -0.15) is 0 Å². The van der Waals surface area contributed by atoms with Gasteiger partial charge >= 0.3 is 12.1 Å². The number of allylic oxidation sites excluding steroid dienone is 2. The molecule has 4 rings (SSSR count). The SMILES string of the molecule is COc1ccc(COC(=O)C2=C(C=CCCl)CS[C@H]3[C@H](NC(=O)OCc4ccccc4)C(=O)N23)cc1. The lowest BCUT2D eigenvalue weighted by Gasteiger charge is -2.49. The fourth-order valence-electron chi connectivity index (χ4n) is 3.78. The molecule has 10 heteroatoms. The van der Waals surface area contributed by atoms with E-state index in [4.69, 9.17) is 25.8 Å². The quantitative estimate of drug-likeness (QED) is 0.299. The van der Waals surface area contributed by atoms with Crippen molar-refractivity contribution in [3.05, 3.63) is 89.1 Å². The summed E-state index contributed by atoms with van der Waals surface area (Å²) in [5.41, 5.74) is 2.41. The highest BCUT2D eigenvalue weighted by Crippen LogP contribution is 2.41. The van der Waals surface area contributed by atoms with E-state index in [2.05, 4.69) is 5.32 Å². The topological polar surface area (TPSA) is 94.2 Å². The van der Waals surface area contributed by atoms with Gasteiger partial charge in [-0.15, -0.1) is 23.4 Å². The Hall–Kier alpha value is -3.43. The number of nitrogens with one attached hydrogen (secondary N) is 1. The molecule has 2 heterocycles. The van der Waals surface area contributed by atoms with Gasteiger partial charge < -0.3 is 19.5 Å². The number of ether oxygens (including phenoxy) is 3. The molecular weight excluding hydrogens is 504 g/mol. The Kier molecular flexibility index (Phi) is 8.56. The fourth-order valence-corrected chi connectivity index (χ4v) is 5.19. The van der Waals surface area contributed by atoms with E-state index in [1.54, 1.807) is 43.5 Å². The number of rotatable bonds is 9. The van der Waals surface area contributed by atoms with E-state index in [1.807, 2.05) is 30.3 Å². The van der Waals surface area contributed by atoms with Crippen LogP contribution >= 0.6 is 23.4 Å². The number of alkyl carbamates (subject to hydrolysis) is 1. The minimum atomic E-state index is -0.804.